The van der Waals surface area contributed by atoms with Crippen molar-refractivity contribution in [3.05, 3.63) is 22.4 Å². The monoisotopic (exact) mass is 212 g/mol. The maximum atomic E-state index is 11.3. The first-order valence-electron chi connectivity index (χ1n) is 4.81. The lowest BCUT2D eigenvalue weighted by Gasteiger charge is -2.04. The molecule has 0 aliphatic rings. The average Bonchev–Trinajstić information content (AvgIpc) is 2.65. The SMILES string of the molecule is CCNCCNC(=O)Cc1ccsc1. The number of carbonyl (C=O) groups excluding carboxylic acids is 1. The highest BCUT2D eigenvalue weighted by Gasteiger charge is 2.01. The second-order valence-corrected chi connectivity index (χ2v) is 3.79. The van der Waals surface area contributed by atoms with Crippen molar-refractivity contribution in [3.8, 4) is 0 Å². The number of amides is 1. The van der Waals surface area contributed by atoms with Gasteiger partial charge in [0.15, 0.2) is 0 Å². The quantitative estimate of drug-likeness (QED) is 0.691. The normalized spacial score (nSPS) is 10.1. The van der Waals surface area contributed by atoms with Crippen LogP contribution in [0.2, 0.25) is 0 Å². The van der Waals surface area contributed by atoms with Crippen LogP contribution in [0.4, 0.5) is 0 Å². The minimum Gasteiger partial charge on any atom is -0.355 e. The summed E-state index contributed by atoms with van der Waals surface area (Å²) in [6.45, 7) is 4.54. The van der Waals surface area contributed by atoms with E-state index in [4.69, 9.17) is 0 Å². The fourth-order valence-corrected chi connectivity index (χ4v) is 1.78. The summed E-state index contributed by atoms with van der Waals surface area (Å²) in [7, 11) is 0. The lowest BCUT2D eigenvalue weighted by atomic mass is 10.2. The molecule has 0 aromatic carbocycles. The lowest BCUT2D eigenvalue weighted by molar-refractivity contribution is -0.120. The molecule has 14 heavy (non-hydrogen) atoms. The van der Waals surface area contributed by atoms with Gasteiger partial charge in [-0.2, -0.15) is 11.3 Å². The molecule has 78 valence electrons. The van der Waals surface area contributed by atoms with Crippen LogP contribution < -0.4 is 10.6 Å². The maximum absolute atomic E-state index is 11.3. The summed E-state index contributed by atoms with van der Waals surface area (Å²) in [5.74, 6) is 0.0984. The average molecular weight is 212 g/mol. The molecule has 1 aromatic heterocycles. The molecule has 0 radical (unpaired) electrons. The van der Waals surface area contributed by atoms with Gasteiger partial charge < -0.3 is 10.6 Å². The Labute approximate surface area is 88.5 Å². The van der Waals surface area contributed by atoms with Gasteiger partial charge in [0.25, 0.3) is 0 Å². The van der Waals surface area contributed by atoms with Gasteiger partial charge in [0, 0.05) is 13.1 Å². The number of thiophene rings is 1. The molecule has 0 atom stereocenters. The molecule has 2 N–H and O–H groups in total. The Morgan fingerprint density at radius 3 is 3.00 bits per heavy atom. The predicted molar refractivity (Wildman–Crippen MR) is 59.6 cm³/mol. The molecule has 0 bridgehead atoms. The number of rotatable bonds is 6. The zero-order chi connectivity index (χ0) is 10.2. The second-order valence-electron chi connectivity index (χ2n) is 3.01. The van der Waals surface area contributed by atoms with E-state index < -0.39 is 0 Å². The third kappa shape index (κ3) is 4.39. The standard InChI is InChI=1S/C10H16N2OS/c1-2-11-4-5-12-10(13)7-9-3-6-14-8-9/h3,6,8,11H,2,4-5,7H2,1H3,(H,12,13). The van der Waals surface area contributed by atoms with Crippen LogP contribution in [0, 0.1) is 0 Å². The first-order valence-corrected chi connectivity index (χ1v) is 5.75. The van der Waals surface area contributed by atoms with E-state index in [-0.39, 0.29) is 5.91 Å². The van der Waals surface area contributed by atoms with Crippen molar-refractivity contribution < 1.29 is 4.79 Å². The van der Waals surface area contributed by atoms with Crippen molar-refractivity contribution in [3.63, 3.8) is 0 Å². The maximum Gasteiger partial charge on any atom is 0.224 e. The first-order chi connectivity index (χ1) is 6.83. The Balaban J connectivity index is 2.11. The molecule has 0 aliphatic carbocycles. The number of likely N-dealkylation sites (N-methyl/N-ethyl adjacent to an activating group) is 1. The first kappa shape index (κ1) is 11.2. The third-order valence-electron chi connectivity index (χ3n) is 1.82. The van der Waals surface area contributed by atoms with Gasteiger partial charge >= 0.3 is 0 Å². The summed E-state index contributed by atoms with van der Waals surface area (Å²) >= 11 is 1.62. The van der Waals surface area contributed by atoms with Crippen LogP contribution in [0.3, 0.4) is 0 Å². The van der Waals surface area contributed by atoms with Gasteiger partial charge in [0.2, 0.25) is 5.91 Å². The molecule has 1 rings (SSSR count). The van der Waals surface area contributed by atoms with Crippen molar-refractivity contribution >= 4 is 17.2 Å². The van der Waals surface area contributed by atoms with E-state index in [2.05, 4.69) is 10.6 Å². The van der Waals surface area contributed by atoms with E-state index in [1.807, 2.05) is 23.8 Å². The Bertz CT molecular complexity index is 259. The fourth-order valence-electron chi connectivity index (χ4n) is 1.11. The molecular weight excluding hydrogens is 196 g/mol. The van der Waals surface area contributed by atoms with Gasteiger partial charge in [0.1, 0.15) is 0 Å². The molecule has 3 nitrogen and oxygen atoms in total. The Kier molecular flexibility index (Phi) is 5.25. The molecule has 0 saturated heterocycles. The zero-order valence-electron chi connectivity index (χ0n) is 8.38. The van der Waals surface area contributed by atoms with Crippen LogP contribution in [0.1, 0.15) is 12.5 Å². The summed E-state index contributed by atoms with van der Waals surface area (Å²) in [6, 6.07) is 1.98. The van der Waals surface area contributed by atoms with Gasteiger partial charge in [-0.1, -0.05) is 6.92 Å². The summed E-state index contributed by atoms with van der Waals surface area (Å²) in [5.41, 5.74) is 1.09. The second kappa shape index (κ2) is 6.56. The molecular formula is C10H16N2OS. The van der Waals surface area contributed by atoms with Gasteiger partial charge in [-0.15, -0.1) is 0 Å². The van der Waals surface area contributed by atoms with Crippen LogP contribution >= 0.6 is 11.3 Å². The molecule has 0 fully saturated rings. The van der Waals surface area contributed by atoms with E-state index in [1.165, 1.54) is 0 Å². The zero-order valence-corrected chi connectivity index (χ0v) is 9.19. The van der Waals surface area contributed by atoms with E-state index in [1.54, 1.807) is 11.3 Å². The third-order valence-corrected chi connectivity index (χ3v) is 2.55. The summed E-state index contributed by atoms with van der Waals surface area (Å²) in [4.78, 5) is 11.3. The number of nitrogens with one attached hydrogen (secondary N) is 2. The lowest BCUT2D eigenvalue weighted by Crippen LogP contribution is -2.32. The highest BCUT2D eigenvalue weighted by atomic mass is 32.1. The number of hydrogen-bond acceptors (Lipinski definition) is 3. The topological polar surface area (TPSA) is 41.1 Å². The number of hydrogen-bond donors (Lipinski definition) is 2. The van der Waals surface area contributed by atoms with E-state index in [0.29, 0.717) is 13.0 Å². The van der Waals surface area contributed by atoms with E-state index in [0.717, 1.165) is 18.7 Å². The fraction of sp³-hybridized carbons (Fsp3) is 0.500. The highest BCUT2D eigenvalue weighted by Crippen LogP contribution is 2.05. The van der Waals surface area contributed by atoms with Crippen molar-refractivity contribution in [2.45, 2.75) is 13.3 Å². The summed E-state index contributed by atoms with van der Waals surface area (Å²) in [5, 5.41) is 10.00. The van der Waals surface area contributed by atoms with Gasteiger partial charge in [-0.05, 0) is 28.9 Å². The largest absolute Gasteiger partial charge is 0.355 e. The van der Waals surface area contributed by atoms with Crippen LogP contribution in [-0.4, -0.2) is 25.5 Å². The minimum absolute atomic E-state index is 0.0984. The van der Waals surface area contributed by atoms with Gasteiger partial charge in [-0.25, -0.2) is 0 Å². The molecule has 0 aliphatic heterocycles. The van der Waals surface area contributed by atoms with Crippen LogP contribution in [0.5, 0.6) is 0 Å². The van der Waals surface area contributed by atoms with Gasteiger partial charge in [-0.3, -0.25) is 4.79 Å². The van der Waals surface area contributed by atoms with Crippen molar-refractivity contribution in [1.82, 2.24) is 10.6 Å². The van der Waals surface area contributed by atoms with E-state index >= 15 is 0 Å². The van der Waals surface area contributed by atoms with E-state index in [9.17, 15) is 4.79 Å². The van der Waals surface area contributed by atoms with Crippen LogP contribution in [0.25, 0.3) is 0 Å². The molecule has 1 amide bonds. The Morgan fingerprint density at radius 2 is 2.36 bits per heavy atom. The van der Waals surface area contributed by atoms with Gasteiger partial charge in [0.05, 0.1) is 6.42 Å². The Morgan fingerprint density at radius 1 is 1.50 bits per heavy atom. The van der Waals surface area contributed by atoms with Crippen molar-refractivity contribution in [1.29, 1.82) is 0 Å². The minimum atomic E-state index is 0.0984. The summed E-state index contributed by atoms with van der Waals surface area (Å²) in [6.07, 6.45) is 0.496. The molecule has 4 heteroatoms. The van der Waals surface area contributed by atoms with Crippen LogP contribution in [0.15, 0.2) is 16.8 Å². The number of carbonyl (C=O) groups is 1. The van der Waals surface area contributed by atoms with Crippen LogP contribution in [-0.2, 0) is 11.2 Å². The molecule has 0 spiro atoms. The predicted octanol–water partition coefficient (Wildman–Crippen LogP) is 1.02. The highest BCUT2D eigenvalue weighted by molar-refractivity contribution is 7.07. The van der Waals surface area contributed by atoms with Crippen molar-refractivity contribution in [2.24, 2.45) is 0 Å². The molecule has 1 aromatic rings. The molecule has 0 unspecified atom stereocenters. The smallest absolute Gasteiger partial charge is 0.224 e. The Hall–Kier alpha value is -0.870. The molecule has 0 saturated carbocycles. The van der Waals surface area contributed by atoms with Crippen molar-refractivity contribution in [2.75, 3.05) is 19.6 Å². The molecule has 1 heterocycles. The summed E-state index contributed by atoms with van der Waals surface area (Å²) < 4.78 is 0.